The number of likely N-dealkylation sites (N-methyl/N-ethyl adjacent to an activating group) is 1. The largest absolute Gasteiger partial charge is 0.492 e. The molecule has 1 amide bonds. The van der Waals surface area contributed by atoms with Gasteiger partial charge in [-0.15, -0.1) is 0 Å². The average Bonchev–Trinajstić information content (AvgIpc) is 2.76. The second kappa shape index (κ2) is 10.3. The highest BCUT2D eigenvalue weighted by Gasteiger charge is 2.39. The maximum atomic E-state index is 12.8. The van der Waals surface area contributed by atoms with Crippen LogP contribution in [0.1, 0.15) is 32.1 Å². The predicted octanol–water partition coefficient (Wildman–Crippen LogP) is 3.02. The van der Waals surface area contributed by atoms with Gasteiger partial charge in [0.25, 0.3) is 0 Å². The van der Waals surface area contributed by atoms with Gasteiger partial charge < -0.3 is 9.64 Å². The van der Waals surface area contributed by atoms with Crippen molar-refractivity contribution in [2.45, 2.75) is 37.6 Å². The van der Waals surface area contributed by atoms with Crippen molar-refractivity contribution in [1.82, 2.24) is 14.7 Å². The van der Waals surface area contributed by atoms with E-state index in [0.29, 0.717) is 18.2 Å². The van der Waals surface area contributed by atoms with Crippen molar-refractivity contribution in [2.75, 3.05) is 52.9 Å². The minimum absolute atomic E-state index is 0.0629. The van der Waals surface area contributed by atoms with Gasteiger partial charge in [-0.2, -0.15) is 5.26 Å². The normalized spacial score (nSPS) is 20.0. The lowest BCUT2D eigenvalue weighted by Crippen LogP contribution is -2.55. The maximum absolute atomic E-state index is 12.8. The van der Waals surface area contributed by atoms with Crippen molar-refractivity contribution in [3.05, 3.63) is 29.3 Å². The topological polar surface area (TPSA) is 59.8 Å². The molecule has 1 saturated heterocycles. The number of carbonyl (C=O) groups excluding carboxylic acids is 1. The number of amides is 1. The van der Waals surface area contributed by atoms with Gasteiger partial charge >= 0.3 is 0 Å². The third kappa shape index (κ3) is 5.85. The van der Waals surface area contributed by atoms with Crippen molar-refractivity contribution in [1.29, 1.82) is 5.26 Å². The molecule has 0 radical (unpaired) electrons. The standard InChI is InChI=1S/C22H31ClN4O2/c1-25(22(18-24)9-3-2-4-10-22)21(28)17-27-13-11-26(12-14-27)15-16-29-20-7-5-19(23)6-8-20/h5-8H,2-4,9-17H2,1H3. The van der Waals surface area contributed by atoms with Crippen LogP contribution in [0.25, 0.3) is 0 Å². The Hall–Kier alpha value is -1.81. The van der Waals surface area contributed by atoms with Gasteiger partial charge in [0.2, 0.25) is 5.91 Å². The number of nitrogens with zero attached hydrogens (tertiary/aromatic N) is 4. The van der Waals surface area contributed by atoms with Crippen LogP contribution in [0.5, 0.6) is 5.75 Å². The molecular formula is C22H31ClN4O2. The molecule has 0 bridgehead atoms. The number of hydrogen-bond donors (Lipinski definition) is 0. The highest BCUT2D eigenvalue weighted by molar-refractivity contribution is 6.30. The Kier molecular flexibility index (Phi) is 7.77. The summed E-state index contributed by atoms with van der Waals surface area (Å²) in [7, 11) is 1.81. The number of carbonyl (C=O) groups is 1. The quantitative estimate of drug-likeness (QED) is 0.681. The van der Waals surface area contributed by atoms with Crippen molar-refractivity contribution >= 4 is 17.5 Å². The first-order valence-electron chi connectivity index (χ1n) is 10.5. The minimum Gasteiger partial charge on any atom is -0.492 e. The van der Waals surface area contributed by atoms with Crippen LogP contribution in [0.15, 0.2) is 24.3 Å². The van der Waals surface area contributed by atoms with Gasteiger partial charge in [0.1, 0.15) is 17.9 Å². The molecule has 1 heterocycles. The summed E-state index contributed by atoms with van der Waals surface area (Å²) in [5.74, 6) is 0.892. The first-order chi connectivity index (χ1) is 14.0. The van der Waals surface area contributed by atoms with Crippen LogP contribution in [0, 0.1) is 11.3 Å². The molecule has 7 heteroatoms. The summed E-state index contributed by atoms with van der Waals surface area (Å²) in [6.45, 7) is 5.46. The van der Waals surface area contributed by atoms with Gasteiger partial charge in [0.05, 0.1) is 12.6 Å². The Morgan fingerprint density at radius 1 is 1.14 bits per heavy atom. The van der Waals surface area contributed by atoms with E-state index in [2.05, 4.69) is 15.9 Å². The van der Waals surface area contributed by atoms with Crippen LogP contribution >= 0.6 is 11.6 Å². The van der Waals surface area contributed by atoms with Crippen LogP contribution in [-0.4, -0.2) is 79.1 Å². The third-order valence-corrected chi connectivity index (χ3v) is 6.47. The molecule has 1 aromatic rings. The van der Waals surface area contributed by atoms with E-state index in [1.54, 1.807) is 11.9 Å². The number of nitriles is 1. The summed E-state index contributed by atoms with van der Waals surface area (Å²) < 4.78 is 5.77. The highest BCUT2D eigenvalue weighted by Crippen LogP contribution is 2.32. The van der Waals surface area contributed by atoms with Crippen molar-refractivity contribution in [2.24, 2.45) is 0 Å². The first kappa shape index (κ1) is 21.9. The van der Waals surface area contributed by atoms with Crippen LogP contribution in [0.3, 0.4) is 0 Å². The predicted molar refractivity (Wildman–Crippen MR) is 114 cm³/mol. The smallest absolute Gasteiger partial charge is 0.237 e. The number of ether oxygens (including phenoxy) is 1. The van der Waals surface area contributed by atoms with Crippen LogP contribution in [-0.2, 0) is 4.79 Å². The van der Waals surface area contributed by atoms with Gasteiger partial charge in [-0.1, -0.05) is 30.9 Å². The summed E-state index contributed by atoms with van der Waals surface area (Å²) in [5, 5.41) is 10.4. The van der Waals surface area contributed by atoms with Gasteiger partial charge in [-0.25, -0.2) is 0 Å². The summed E-state index contributed by atoms with van der Waals surface area (Å²) in [6, 6.07) is 9.85. The highest BCUT2D eigenvalue weighted by atomic mass is 35.5. The van der Waals surface area contributed by atoms with Gasteiger partial charge in [-0.05, 0) is 37.1 Å². The Morgan fingerprint density at radius 2 is 1.76 bits per heavy atom. The van der Waals surface area contributed by atoms with Crippen molar-refractivity contribution < 1.29 is 9.53 Å². The summed E-state index contributed by atoms with van der Waals surface area (Å²) in [5.41, 5.74) is -0.601. The van der Waals surface area contributed by atoms with Crippen LogP contribution < -0.4 is 4.74 Å². The summed E-state index contributed by atoms with van der Waals surface area (Å²) in [6.07, 6.45) is 4.82. The summed E-state index contributed by atoms with van der Waals surface area (Å²) >= 11 is 5.89. The number of hydrogen-bond acceptors (Lipinski definition) is 5. The van der Waals surface area contributed by atoms with Gasteiger partial charge in [0.15, 0.2) is 0 Å². The Morgan fingerprint density at radius 3 is 2.38 bits per heavy atom. The lowest BCUT2D eigenvalue weighted by atomic mass is 9.81. The molecule has 2 aliphatic rings. The minimum atomic E-state index is -0.601. The van der Waals surface area contributed by atoms with E-state index in [0.717, 1.165) is 70.6 Å². The molecule has 0 N–H and O–H groups in total. The lowest BCUT2D eigenvalue weighted by molar-refractivity contribution is -0.136. The maximum Gasteiger partial charge on any atom is 0.237 e. The molecule has 1 aliphatic heterocycles. The molecule has 0 atom stereocenters. The molecule has 2 fully saturated rings. The number of halogens is 1. The van der Waals surface area contributed by atoms with E-state index in [4.69, 9.17) is 16.3 Å². The zero-order valence-corrected chi connectivity index (χ0v) is 18.0. The molecule has 0 unspecified atom stereocenters. The fourth-order valence-corrected chi connectivity index (χ4v) is 4.32. The molecule has 1 aromatic carbocycles. The van der Waals surface area contributed by atoms with E-state index in [1.807, 2.05) is 24.3 Å². The Bertz CT molecular complexity index is 705. The molecule has 158 valence electrons. The number of benzene rings is 1. The van der Waals surface area contributed by atoms with E-state index in [9.17, 15) is 10.1 Å². The fourth-order valence-electron chi connectivity index (χ4n) is 4.19. The zero-order chi connectivity index (χ0) is 20.7. The third-order valence-electron chi connectivity index (χ3n) is 6.22. The van der Waals surface area contributed by atoms with Gasteiger partial charge in [-0.3, -0.25) is 14.6 Å². The molecule has 1 saturated carbocycles. The zero-order valence-electron chi connectivity index (χ0n) is 17.3. The molecule has 0 spiro atoms. The Labute approximate surface area is 179 Å². The van der Waals surface area contributed by atoms with E-state index >= 15 is 0 Å². The first-order valence-corrected chi connectivity index (χ1v) is 10.9. The molecule has 29 heavy (non-hydrogen) atoms. The Balaban J connectivity index is 1.38. The lowest BCUT2D eigenvalue weighted by Gasteiger charge is -2.41. The molecular weight excluding hydrogens is 388 g/mol. The van der Waals surface area contributed by atoms with E-state index in [-0.39, 0.29) is 5.91 Å². The van der Waals surface area contributed by atoms with Crippen LogP contribution in [0.4, 0.5) is 0 Å². The molecule has 3 rings (SSSR count). The van der Waals surface area contributed by atoms with Crippen molar-refractivity contribution in [3.63, 3.8) is 0 Å². The average molecular weight is 419 g/mol. The van der Waals surface area contributed by atoms with E-state index in [1.165, 1.54) is 0 Å². The SMILES string of the molecule is CN(C(=O)CN1CCN(CCOc2ccc(Cl)cc2)CC1)C1(C#N)CCCCC1. The number of rotatable bonds is 7. The number of piperazine rings is 1. The molecule has 0 aromatic heterocycles. The monoisotopic (exact) mass is 418 g/mol. The second-order valence-electron chi connectivity index (χ2n) is 8.08. The summed E-state index contributed by atoms with van der Waals surface area (Å²) in [4.78, 5) is 19.1. The second-order valence-corrected chi connectivity index (χ2v) is 8.51. The van der Waals surface area contributed by atoms with Gasteiger partial charge in [0, 0.05) is 44.8 Å². The molecule has 1 aliphatic carbocycles. The molecule has 6 nitrogen and oxygen atoms in total. The van der Waals surface area contributed by atoms with Crippen LogP contribution in [0.2, 0.25) is 5.02 Å². The van der Waals surface area contributed by atoms with E-state index < -0.39 is 5.54 Å². The van der Waals surface area contributed by atoms with Crippen molar-refractivity contribution in [3.8, 4) is 11.8 Å². The fraction of sp³-hybridized carbons (Fsp3) is 0.636.